The topological polar surface area (TPSA) is 86.7 Å². The van der Waals surface area contributed by atoms with E-state index in [1.807, 2.05) is 0 Å². The van der Waals surface area contributed by atoms with Crippen molar-refractivity contribution in [2.45, 2.75) is 25.2 Å². The molecule has 4 nitrogen and oxygen atoms in total. The molecule has 4 heteroatoms. The number of aliphatic hydroxyl groups is 3. The van der Waals surface area contributed by atoms with Crippen LogP contribution in [0, 0.1) is 0 Å². The number of hydrogen-bond acceptors (Lipinski definition) is 4. The first-order valence-corrected chi connectivity index (χ1v) is 2.84. The minimum atomic E-state index is -1.13. The second-order valence-electron chi connectivity index (χ2n) is 2.03. The summed E-state index contributed by atoms with van der Waals surface area (Å²) in [6, 6.07) is 0. The summed E-state index contributed by atoms with van der Waals surface area (Å²) in [5.74, 6) is 0. The molecular weight excluding hydrogens is 122 g/mol. The fourth-order valence-electron chi connectivity index (χ4n) is 0.461. The Kier molecular flexibility index (Phi) is 3.72. The highest BCUT2D eigenvalue weighted by atomic mass is 16.4. The average Bonchev–Trinajstić information content (AvgIpc) is 1.84. The van der Waals surface area contributed by atoms with Crippen LogP contribution in [0.2, 0.25) is 0 Å². The van der Waals surface area contributed by atoms with Gasteiger partial charge in [0.05, 0.1) is 12.2 Å². The lowest BCUT2D eigenvalue weighted by Gasteiger charge is -2.17. The lowest BCUT2D eigenvalue weighted by atomic mass is 10.1. The highest BCUT2D eigenvalue weighted by Gasteiger charge is 2.18. The van der Waals surface area contributed by atoms with Crippen molar-refractivity contribution in [3.8, 4) is 0 Å². The molecule has 0 bridgehead atoms. The molecule has 3 atom stereocenters. The number of hydrogen-bond donors (Lipinski definition) is 4. The molecule has 0 aromatic rings. The normalized spacial score (nSPS) is 21.0. The largest absolute Gasteiger partial charge is 0.391 e. The quantitative estimate of drug-likeness (QED) is 0.362. The fourth-order valence-corrected chi connectivity index (χ4v) is 0.461. The molecule has 0 spiro atoms. The second kappa shape index (κ2) is 3.79. The molecule has 0 aromatic heterocycles. The van der Waals surface area contributed by atoms with Crippen molar-refractivity contribution >= 4 is 0 Å². The minimum Gasteiger partial charge on any atom is -0.391 e. The molecule has 0 aliphatic carbocycles. The van der Waals surface area contributed by atoms with E-state index < -0.39 is 18.3 Å². The Hall–Kier alpha value is -0.160. The molecule has 3 unspecified atom stereocenters. The van der Waals surface area contributed by atoms with Gasteiger partial charge in [-0.15, -0.1) is 0 Å². The summed E-state index contributed by atoms with van der Waals surface area (Å²) in [5, 5.41) is 26.2. The molecule has 0 saturated carbocycles. The number of aliphatic hydroxyl groups excluding tert-OH is 3. The van der Waals surface area contributed by atoms with E-state index in [4.69, 9.17) is 21.1 Å². The van der Waals surface area contributed by atoms with Gasteiger partial charge in [0.25, 0.3) is 0 Å². The van der Waals surface area contributed by atoms with Crippen molar-refractivity contribution in [1.29, 1.82) is 0 Å². The molecule has 56 valence electrons. The van der Waals surface area contributed by atoms with Crippen LogP contribution < -0.4 is 5.73 Å². The summed E-state index contributed by atoms with van der Waals surface area (Å²) in [5.41, 5.74) is 4.99. The third-order valence-electron chi connectivity index (χ3n) is 1.13. The van der Waals surface area contributed by atoms with E-state index in [0.29, 0.717) is 0 Å². The van der Waals surface area contributed by atoms with E-state index in [2.05, 4.69) is 0 Å². The van der Waals surface area contributed by atoms with E-state index in [-0.39, 0.29) is 6.54 Å². The Morgan fingerprint density at radius 3 is 1.89 bits per heavy atom. The van der Waals surface area contributed by atoms with Gasteiger partial charge >= 0.3 is 0 Å². The molecule has 0 heterocycles. The highest BCUT2D eigenvalue weighted by Crippen LogP contribution is 1.96. The molecule has 0 aliphatic rings. The first kappa shape index (κ1) is 8.84. The SMILES string of the molecule is CC(O)C(O)C(O)CN. The molecule has 0 amide bonds. The van der Waals surface area contributed by atoms with Gasteiger partial charge in [-0.05, 0) is 6.92 Å². The van der Waals surface area contributed by atoms with E-state index in [0.717, 1.165) is 0 Å². The highest BCUT2D eigenvalue weighted by molar-refractivity contribution is 4.71. The van der Waals surface area contributed by atoms with Crippen molar-refractivity contribution in [3.63, 3.8) is 0 Å². The average molecular weight is 135 g/mol. The van der Waals surface area contributed by atoms with E-state index in [1.54, 1.807) is 0 Å². The van der Waals surface area contributed by atoms with Gasteiger partial charge in [0.15, 0.2) is 0 Å². The van der Waals surface area contributed by atoms with E-state index >= 15 is 0 Å². The molecular formula is C5H13NO3. The van der Waals surface area contributed by atoms with Gasteiger partial charge in [0.2, 0.25) is 0 Å². The molecule has 5 N–H and O–H groups in total. The Bertz CT molecular complexity index is 76.6. The van der Waals surface area contributed by atoms with Crippen LogP contribution in [0.1, 0.15) is 6.92 Å². The zero-order valence-electron chi connectivity index (χ0n) is 5.36. The third-order valence-corrected chi connectivity index (χ3v) is 1.13. The summed E-state index contributed by atoms with van der Waals surface area (Å²) in [4.78, 5) is 0. The molecule has 0 saturated heterocycles. The Labute approximate surface area is 53.9 Å². The standard InChI is InChI=1S/C5H13NO3/c1-3(7)5(9)4(8)2-6/h3-5,7-9H,2,6H2,1H3. The maximum Gasteiger partial charge on any atom is 0.107 e. The molecule has 0 aliphatic heterocycles. The van der Waals surface area contributed by atoms with Crippen LogP contribution in [0.25, 0.3) is 0 Å². The van der Waals surface area contributed by atoms with Gasteiger partial charge in [-0.3, -0.25) is 0 Å². The van der Waals surface area contributed by atoms with Crippen LogP contribution in [0.15, 0.2) is 0 Å². The van der Waals surface area contributed by atoms with Gasteiger partial charge in [0.1, 0.15) is 6.10 Å². The van der Waals surface area contributed by atoms with Crippen LogP contribution in [0.3, 0.4) is 0 Å². The summed E-state index contributed by atoms with van der Waals surface area (Å²) in [7, 11) is 0. The maximum atomic E-state index is 8.81. The predicted molar refractivity (Wildman–Crippen MR) is 32.7 cm³/mol. The molecule has 9 heavy (non-hydrogen) atoms. The fraction of sp³-hybridized carbons (Fsp3) is 1.00. The molecule has 0 radical (unpaired) electrons. The summed E-state index contributed by atoms with van der Waals surface area (Å²) in [6.45, 7) is 1.36. The van der Waals surface area contributed by atoms with Crippen molar-refractivity contribution < 1.29 is 15.3 Å². The Balaban J connectivity index is 3.58. The Morgan fingerprint density at radius 2 is 1.78 bits per heavy atom. The van der Waals surface area contributed by atoms with Gasteiger partial charge in [0, 0.05) is 6.54 Å². The summed E-state index contributed by atoms with van der Waals surface area (Å²) in [6.07, 6.45) is -3.08. The Morgan fingerprint density at radius 1 is 1.33 bits per heavy atom. The smallest absolute Gasteiger partial charge is 0.107 e. The van der Waals surface area contributed by atoms with Crippen molar-refractivity contribution in [3.05, 3.63) is 0 Å². The lowest BCUT2D eigenvalue weighted by Crippen LogP contribution is -2.40. The van der Waals surface area contributed by atoms with Crippen LogP contribution >= 0.6 is 0 Å². The van der Waals surface area contributed by atoms with Gasteiger partial charge in [-0.1, -0.05) is 0 Å². The first-order chi connectivity index (χ1) is 4.09. The molecule has 0 rings (SSSR count). The van der Waals surface area contributed by atoms with Crippen molar-refractivity contribution in [2.75, 3.05) is 6.54 Å². The molecule has 0 aromatic carbocycles. The minimum absolute atomic E-state index is 0.0356. The van der Waals surface area contributed by atoms with Crippen molar-refractivity contribution in [1.82, 2.24) is 0 Å². The van der Waals surface area contributed by atoms with Gasteiger partial charge in [-0.25, -0.2) is 0 Å². The zero-order chi connectivity index (χ0) is 7.44. The van der Waals surface area contributed by atoms with Gasteiger partial charge in [-0.2, -0.15) is 0 Å². The lowest BCUT2D eigenvalue weighted by molar-refractivity contribution is -0.0474. The third kappa shape index (κ3) is 2.76. The number of rotatable bonds is 3. The summed E-state index contributed by atoms with van der Waals surface area (Å²) >= 11 is 0. The molecule has 0 fully saturated rings. The van der Waals surface area contributed by atoms with Crippen LogP contribution in [-0.4, -0.2) is 40.2 Å². The van der Waals surface area contributed by atoms with E-state index in [1.165, 1.54) is 6.92 Å². The summed E-state index contributed by atoms with van der Waals surface area (Å²) < 4.78 is 0. The number of nitrogens with two attached hydrogens (primary N) is 1. The zero-order valence-corrected chi connectivity index (χ0v) is 5.36. The first-order valence-electron chi connectivity index (χ1n) is 2.84. The van der Waals surface area contributed by atoms with E-state index in [9.17, 15) is 0 Å². The van der Waals surface area contributed by atoms with Gasteiger partial charge < -0.3 is 21.1 Å². The monoisotopic (exact) mass is 135 g/mol. The van der Waals surface area contributed by atoms with Crippen LogP contribution in [-0.2, 0) is 0 Å². The van der Waals surface area contributed by atoms with Crippen molar-refractivity contribution in [2.24, 2.45) is 5.73 Å². The van der Waals surface area contributed by atoms with Crippen LogP contribution in [0.4, 0.5) is 0 Å². The predicted octanol–water partition coefficient (Wildman–Crippen LogP) is -1.95. The second-order valence-corrected chi connectivity index (χ2v) is 2.03. The van der Waals surface area contributed by atoms with Crippen LogP contribution in [0.5, 0.6) is 0 Å². The maximum absolute atomic E-state index is 8.81.